The Kier molecular flexibility index (Phi) is 31.8. The lowest BCUT2D eigenvalue weighted by Crippen LogP contribution is -2.37. The number of phosphoric acid groups is 1. The molecule has 346 valence electrons. The minimum atomic E-state index is -4.69. The van der Waals surface area contributed by atoms with Gasteiger partial charge >= 0.3 is 11.9 Å². The largest absolute Gasteiger partial charge is 0.756 e. The zero-order valence-electron chi connectivity index (χ0n) is 37.9. The van der Waals surface area contributed by atoms with E-state index in [1.54, 1.807) is 12.2 Å². The van der Waals surface area contributed by atoms with Gasteiger partial charge in [-0.2, -0.15) is 0 Å². The minimum Gasteiger partial charge on any atom is -0.756 e. The van der Waals surface area contributed by atoms with Crippen molar-refractivity contribution < 1.29 is 57.1 Å². The van der Waals surface area contributed by atoms with Gasteiger partial charge in [-0.1, -0.05) is 154 Å². The molecule has 59 heavy (non-hydrogen) atoms. The average molecular weight is 860 g/mol. The Bertz CT molecular complexity index is 1180. The first kappa shape index (κ1) is 55.4. The third-order valence-corrected chi connectivity index (χ3v) is 12.2. The molecule has 0 aliphatic heterocycles. The van der Waals surface area contributed by atoms with Gasteiger partial charge in [0.2, 0.25) is 0 Å². The molecule has 0 heterocycles. The highest BCUT2D eigenvalue weighted by molar-refractivity contribution is 7.45. The van der Waals surface area contributed by atoms with Crippen molar-refractivity contribution in [3.05, 3.63) is 12.2 Å². The lowest BCUT2D eigenvalue weighted by atomic mass is 9.88. The van der Waals surface area contributed by atoms with Gasteiger partial charge in [0.15, 0.2) is 6.10 Å². The molecule has 12 nitrogen and oxygen atoms in total. The number of allylic oxidation sites excluding steroid dienone is 1. The molecule has 1 aliphatic carbocycles. The lowest BCUT2D eigenvalue weighted by molar-refractivity contribution is -0.870. The molecule has 2 N–H and O–H groups in total. The van der Waals surface area contributed by atoms with E-state index in [0.717, 1.165) is 51.4 Å². The second kappa shape index (κ2) is 33.9. The predicted molar refractivity (Wildman–Crippen MR) is 232 cm³/mol. The van der Waals surface area contributed by atoms with Crippen LogP contribution in [0.1, 0.15) is 187 Å². The van der Waals surface area contributed by atoms with Crippen LogP contribution in [0.3, 0.4) is 0 Å². The Morgan fingerprint density at radius 3 is 1.83 bits per heavy atom. The highest BCUT2D eigenvalue weighted by atomic mass is 31.2. The second-order valence-corrected chi connectivity index (χ2v) is 19.3. The van der Waals surface area contributed by atoms with Crippen molar-refractivity contribution in [3.8, 4) is 0 Å². The van der Waals surface area contributed by atoms with Crippen molar-refractivity contribution in [2.75, 3.05) is 47.5 Å². The Morgan fingerprint density at radius 1 is 0.763 bits per heavy atom. The molecule has 0 radical (unpaired) electrons. The van der Waals surface area contributed by atoms with Gasteiger partial charge in [0.1, 0.15) is 25.5 Å². The molecule has 13 heteroatoms. The van der Waals surface area contributed by atoms with Crippen molar-refractivity contribution in [3.63, 3.8) is 0 Å². The Balaban J connectivity index is 2.45. The molecule has 0 aromatic carbocycles. The molecular formula is C46H86NO11P. The van der Waals surface area contributed by atoms with Crippen molar-refractivity contribution in [2.24, 2.45) is 11.8 Å². The van der Waals surface area contributed by atoms with Gasteiger partial charge in [-0.15, -0.1) is 0 Å². The molecule has 0 amide bonds. The fraction of sp³-hybridized carbons (Fsp3) is 0.891. The fourth-order valence-electron chi connectivity index (χ4n) is 7.44. The molecule has 0 spiro atoms. The van der Waals surface area contributed by atoms with Crippen molar-refractivity contribution in [1.82, 2.24) is 0 Å². The van der Waals surface area contributed by atoms with Crippen LogP contribution in [0.2, 0.25) is 0 Å². The summed E-state index contributed by atoms with van der Waals surface area (Å²) < 4.78 is 33.9. The molecule has 1 unspecified atom stereocenters. The van der Waals surface area contributed by atoms with Gasteiger partial charge in [-0.05, 0) is 31.6 Å². The number of carbonyl (C=O) groups is 3. The summed E-state index contributed by atoms with van der Waals surface area (Å²) in [7, 11) is 1.03. The van der Waals surface area contributed by atoms with Crippen molar-refractivity contribution >= 4 is 25.5 Å². The SMILES string of the molecule is CCCCCCCCCCCCCCCCCC(=O)OC[C@H](COP(=O)([O-])OCC[N+](C)(C)C)OC(=O)CCCCCC[C@H]1[C@@H](O)CC(=O)[C@@H]1/C=C/[C@@H](O)CCCCC. The highest BCUT2D eigenvalue weighted by Crippen LogP contribution is 2.38. The quantitative estimate of drug-likeness (QED) is 0.0199. The maximum Gasteiger partial charge on any atom is 0.306 e. The third-order valence-electron chi connectivity index (χ3n) is 11.2. The smallest absolute Gasteiger partial charge is 0.306 e. The van der Waals surface area contributed by atoms with E-state index in [2.05, 4.69) is 13.8 Å². The highest BCUT2D eigenvalue weighted by Gasteiger charge is 2.39. The van der Waals surface area contributed by atoms with E-state index in [1.165, 1.54) is 70.6 Å². The number of carbonyl (C=O) groups excluding carboxylic acids is 3. The van der Waals surface area contributed by atoms with Crippen LogP contribution in [-0.4, -0.2) is 98.2 Å². The number of rotatable bonds is 39. The van der Waals surface area contributed by atoms with Crippen molar-refractivity contribution in [1.29, 1.82) is 0 Å². The van der Waals surface area contributed by atoms with Crippen LogP contribution in [0.5, 0.6) is 0 Å². The van der Waals surface area contributed by atoms with Gasteiger partial charge in [-0.25, -0.2) is 0 Å². The second-order valence-electron chi connectivity index (χ2n) is 17.9. The summed E-state index contributed by atoms with van der Waals surface area (Å²) in [4.78, 5) is 50.4. The number of ketones is 1. The summed E-state index contributed by atoms with van der Waals surface area (Å²) in [6, 6.07) is 0. The number of quaternary nitrogens is 1. The van der Waals surface area contributed by atoms with Gasteiger partial charge in [-0.3, -0.25) is 18.9 Å². The van der Waals surface area contributed by atoms with E-state index >= 15 is 0 Å². The van der Waals surface area contributed by atoms with E-state index in [-0.39, 0.29) is 44.2 Å². The molecule has 0 bridgehead atoms. The standard InChI is InChI=1S/C46H86NO11P/c1-6-8-10-11-12-13-14-15-16-17-18-19-20-21-26-30-45(51)55-37-40(38-57-59(53,54)56-35-34-47(3,4)5)58-46(52)31-27-23-22-25-29-41-42(44(50)36-43(41)49)33-32-39(48)28-24-9-7-2/h32-33,39-43,48-49H,6-31,34-38H2,1-5H3/b33-32+/t39-,40+,41+,42+,43-/m0/s1. The molecule has 0 saturated heterocycles. The maximum atomic E-state index is 12.8. The van der Waals surface area contributed by atoms with Crippen LogP contribution in [0.4, 0.5) is 0 Å². The summed E-state index contributed by atoms with van der Waals surface area (Å²) >= 11 is 0. The molecule has 0 aromatic heterocycles. The topological polar surface area (TPSA) is 169 Å². The summed E-state index contributed by atoms with van der Waals surface area (Å²) in [6.07, 6.45) is 27.1. The lowest BCUT2D eigenvalue weighted by Gasteiger charge is -2.28. The van der Waals surface area contributed by atoms with Gasteiger partial charge in [0.05, 0.1) is 40.0 Å². The zero-order valence-corrected chi connectivity index (χ0v) is 38.8. The van der Waals surface area contributed by atoms with Crippen LogP contribution >= 0.6 is 7.82 Å². The molecule has 0 aromatic rings. The fourth-order valence-corrected chi connectivity index (χ4v) is 8.17. The van der Waals surface area contributed by atoms with E-state index in [9.17, 15) is 34.1 Å². The number of hydrogen-bond acceptors (Lipinski definition) is 11. The molecular weight excluding hydrogens is 773 g/mol. The number of unbranched alkanes of at least 4 members (excludes halogenated alkanes) is 19. The van der Waals surface area contributed by atoms with Crippen LogP contribution in [0, 0.1) is 11.8 Å². The van der Waals surface area contributed by atoms with Crippen LogP contribution < -0.4 is 4.89 Å². The maximum absolute atomic E-state index is 12.8. The van der Waals surface area contributed by atoms with Gasteiger partial charge < -0.3 is 38.1 Å². The Labute approximate surface area is 358 Å². The number of phosphoric ester groups is 1. The van der Waals surface area contributed by atoms with E-state index < -0.39 is 50.6 Å². The van der Waals surface area contributed by atoms with Crippen LogP contribution in [0.25, 0.3) is 0 Å². The summed E-state index contributed by atoms with van der Waals surface area (Å²) in [5, 5.41) is 20.8. The summed E-state index contributed by atoms with van der Waals surface area (Å²) in [5.74, 6) is -1.57. The molecule has 1 fully saturated rings. The molecule has 1 aliphatic rings. The normalized spacial score (nSPS) is 19.3. The number of aliphatic hydroxyl groups excluding tert-OH is 2. The first-order valence-electron chi connectivity index (χ1n) is 23.5. The van der Waals surface area contributed by atoms with Gasteiger partial charge in [0, 0.05) is 25.2 Å². The summed E-state index contributed by atoms with van der Waals surface area (Å²) in [6.45, 7) is 3.87. The average Bonchev–Trinajstić information content (AvgIpc) is 3.44. The number of aliphatic hydroxyl groups is 2. The molecule has 6 atom stereocenters. The number of ether oxygens (including phenoxy) is 2. The number of nitrogens with zero attached hydrogens (tertiary/aromatic N) is 1. The van der Waals surface area contributed by atoms with Gasteiger partial charge in [0.25, 0.3) is 7.82 Å². The first-order chi connectivity index (χ1) is 28.2. The number of Topliss-reactive ketones (excluding diaryl/α,β-unsaturated/α-hetero) is 1. The van der Waals surface area contributed by atoms with Crippen LogP contribution in [-0.2, 0) is 37.5 Å². The van der Waals surface area contributed by atoms with E-state index in [4.69, 9.17) is 18.5 Å². The first-order valence-corrected chi connectivity index (χ1v) is 25.0. The molecule has 1 saturated carbocycles. The Morgan fingerprint density at radius 2 is 1.27 bits per heavy atom. The van der Waals surface area contributed by atoms with E-state index in [1.807, 2.05) is 21.1 Å². The number of esters is 2. The van der Waals surface area contributed by atoms with E-state index in [0.29, 0.717) is 43.1 Å². The van der Waals surface area contributed by atoms with Crippen LogP contribution in [0.15, 0.2) is 12.2 Å². The summed E-state index contributed by atoms with van der Waals surface area (Å²) in [5.41, 5.74) is 0. The van der Waals surface area contributed by atoms with Crippen molar-refractivity contribution in [2.45, 2.75) is 206 Å². The molecule has 1 rings (SSSR count). The monoisotopic (exact) mass is 860 g/mol. The minimum absolute atomic E-state index is 0.000505. The number of hydrogen-bond donors (Lipinski definition) is 2. The zero-order chi connectivity index (χ0) is 43.8. The predicted octanol–water partition coefficient (Wildman–Crippen LogP) is 9.31. The third kappa shape index (κ3) is 30.9. The number of likely N-dealkylation sites (N-methyl/N-ethyl adjacent to an activating group) is 1. The Hall–Kier alpha value is -1.66.